The molecule has 20 heavy (non-hydrogen) atoms. The number of hydrogen-bond acceptors (Lipinski definition) is 4. The highest BCUT2D eigenvalue weighted by atomic mass is 32.1. The van der Waals surface area contributed by atoms with Gasteiger partial charge in [0.1, 0.15) is 5.60 Å². The molecule has 0 bridgehead atoms. The fraction of sp³-hybridized carbons (Fsp3) is 0.667. The largest absolute Gasteiger partial charge is 0.444 e. The molecule has 4 nitrogen and oxygen atoms in total. The van der Waals surface area contributed by atoms with E-state index in [4.69, 9.17) is 10.5 Å². The van der Waals surface area contributed by atoms with Gasteiger partial charge < -0.3 is 15.4 Å². The molecule has 1 aromatic rings. The average Bonchev–Trinajstić information content (AvgIpc) is 2.78. The van der Waals surface area contributed by atoms with Crippen molar-refractivity contribution in [2.45, 2.75) is 45.3 Å². The molecule has 5 heteroatoms. The van der Waals surface area contributed by atoms with E-state index in [0.29, 0.717) is 12.5 Å². The smallest absolute Gasteiger partial charge is 0.410 e. The number of piperidine rings is 1. The van der Waals surface area contributed by atoms with Crippen molar-refractivity contribution in [3.8, 4) is 0 Å². The molecular formula is C15H24N2O2S. The van der Waals surface area contributed by atoms with E-state index in [9.17, 15) is 4.79 Å². The molecule has 0 aromatic carbocycles. The zero-order valence-electron chi connectivity index (χ0n) is 12.5. The van der Waals surface area contributed by atoms with Gasteiger partial charge in [-0.25, -0.2) is 4.79 Å². The predicted octanol–water partition coefficient (Wildman–Crippen LogP) is 2.87. The third-order valence-electron chi connectivity index (χ3n) is 3.29. The predicted molar refractivity (Wildman–Crippen MR) is 81.9 cm³/mol. The van der Waals surface area contributed by atoms with Gasteiger partial charge in [-0.2, -0.15) is 0 Å². The number of amides is 1. The highest BCUT2D eigenvalue weighted by Crippen LogP contribution is 2.24. The molecule has 2 unspecified atom stereocenters. The average molecular weight is 296 g/mol. The number of likely N-dealkylation sites (tertiary alicyclic amines) is 1. The van der Waals surface area contributed by atoms with Gasteiger partial charge in [-0.05, 0) is 51.0 Å². The van der Waals surface area contributed by atoms with Gasteiger partial charge in [0.15, 0.2) is 0 Å². The molecule has 112 valence electrons. The molecule has 1 aliphatic heterocycles. The molecule has 0 spiro atoms. The van der Waals surface area contributed by atoms with Crippen LogP contribution in [0.25, 0.3) is 0 Å². The number of nitrogens with two attached hydrogens (primary N) is 1. The van der Waals surface area contributed by atoms with E-state index in [2.05, 4.69) is 17.5 Å². The Bertz CT molecular complexity index is 439. The maximum atomic E-state index is 12.2. The van der Waals surface area contributed by atoms with Crippen LogP contribution in [-0.2, 0) is 11.2 Å². The lowest BCUT2D eigenvalue weighted by atomic mass is 9.91. The Balaban J connectivity index is 1.95. The number of carbonyl (C=O) groups is 1. The van der Waals surface area contributed by atoms with E-state index >= 15 is 0 Å². The zero-order chi connectivity index (χ0) is 14.8. The van der Waals surface area contributed by atoms with Crippen LogP contribution >= 0.6 is 11.3 Å². The molecule has 1 aliphatic rings. The van der Waals surface area contributed by atoms with Gasteiger partial charge >= 0.3 is 6.09 Å². The van der Waals surface area contributed by atoms with Crippen molar-refractivity contribution in [1.29, 1.82) is 0 Å². The number of ether oxygens (including phenoxy) is 1. The zero-order valence-corrected chi connectivity index (χ0v) is 13.3. The molecule has 0 radical (unpaired) electrons. The second-order valence-corrected chi connectivity index (χ2v) is 7.56. The summed E-state index contributed by atoms with van der Waals surface area (Å²) in [7, 11) is 0. The fourth-order valence-electron chi connectivity index (χ4n) is 2.58. The van der Waals surface area contributed by atoms with Crippen LogP contribution < -0.4 is 5.73 Å². The number of hydrogen-bond donors (Lipinski definition) is 1. The summed E-state index contributed by atoms with van der Waals surface area (Å²) in [5.74, 6) is 0.421. The summed E-state index contributed by atoms with van der Waals surface area (Å²) in [6, 6.07) is 4.25. The van der Waals surface area contributed by atoms with Crippen molar-refractivity contribution in [1.82, 2.24) is 4.90 Å². The fourth-order valence-corrected chi connectivity index (χ4v) is 3.40. The summed E-state index contributed by atoms with van der Waals surface area (Å²) in [6.45, 7) is 6.99. The van der Waals surface area contributed by atoms with Crippen molar-refractivity contribution in [3.63, 3.8) is 0 Å². The minimum absolute atomic E-state index is 0.0428. The molecule has 2 atom stereocenters. The lowest BCUT2D eigenvalue weighted by Crippen LogP contribution is -2.51. The molecule has 0 aliphatic carbocycles. The number of carbonyl (C=O) groups excluding carboxylic acids is 1. The van der Waals surface area contributed by atoms with E-state index in [-0.39, 0.29) is 12.1 Å². The van der Waals surface area contributed by atoms with Crippen LogP contribution in [0.4, 0.5) is 4.79 Å². The van der Waals surface area contributed by atoms with Crippen LogP contribution in [0.5, 0.6) is 0 Å². The molecule has 2 rings (SSSR count). The highest BCUT2D eigenvalue weighted by Gasteiger charge is 2.31. The molecule has 1 aromatic heterocycles. The molecule has 2 heterocycles. The van der Waals surface area contributed by atoms with Crippen LogP contribution in [0.1, 0.15) is 32.1 Å². The van der Waals surface area contributed by atoms with E-state index in [1.807, 2.05) is 20.8 Å². The Kier molecular flexibility index (Phi) is 4.70. The van der Waals surface area contributed by atoms with Gasteiger partial charge in [0.2, 0.25) is 0 Å². The maximum Gasteiger partial charge on any atom is 0.410 e. The Labute approximate surface area is 124 Å². The Morgan fingerprint density at radius 2 is 2.25 bits per heavy atom. The van der Waals surface area contributed by atoms with Crippen LogP contribution in [0, 0.1) is 5.92 Å². The minimum atomic E-state index is -0.456. The first kappa shape index (κ1) is 15.3. The van der Waals surface area contributed by atoms with Crippen molar-refractivity contribution in [2.75, 3.05) is 13.1 Å². The van der Waals surface area contributed by atoms with E-state index in [1.165, 1.54) is 4.88 Å². The summed E-state index contributed by atoms with van der Waals surface area (Å²) < 4.78 is 5.44. The van der Waals surface area contributed by atoms with Gasteiger partial charge in [-0.3, -0.25) is 0 Å². The molecule has 1 saturated heterocycles. The Hall–Kier alpha value is -1.07. The second kappa shape index (κ2) is 6.14. The summed E-state index contributed by atoms with van der Waals surface area (Å²) >= 11 is 1.76. The first-order valence-corrected chi connectivity index (χ1v) is 7.97. The first-order valence-electron chi connectivity index (χ1n) is 7.09. The molecule has 1 fully saturated rings. The molecule has 1 amide bonds. The van der Waals surface area contributed by atoms with Gasteiger partial charge in [-0.1, -0.05) is 6.07 Å². The van der Waals surface area contributed by atoms with Crippen molar-refractivity contribution < 1.29 is 9.53 Å². The van der Waals surface area contributed by atoms with Gasteiger partial charge in [0.05, 0.1) is 0 Å². The third kappa shape index (κ3) is 4.49. The quantitative estimate of drug-likeness (QED) is 0.913. The SMILES string of the molecule is CC(C)(C)OC(=O)N1CC(N)CC(Cc2cccs2)C1. The van der Waals surface area contributed by atoms with E-state index in [1.54, 1.807) is 16.2 Å². The number of nitrogens with zero attached hydrogens (tertiary/aromatic N) is 1. The van der Waals surface area contributed by atoms with Crippen LogP contribution in [0.2, 0.25) is 0 Å². The highest BCUT2D eigenvalue weighted by molar-refractivity contribution is 7.09. The maximum absolute atomic E-state index is 12.2. The van der Waals surface area contributed by atoms with Crippen molar-refractivity contribution in [2.24, 2.45) is 11.7 Å². The summed E-state index contributed by atoms with van der Waals surface area (Å²) in [4.78, 5) is 15.3. The summed E-state index contributed by atoms with van der Waals surface area (Å²) in [5, 5.41) is 2.09. The standard InChI is InChI=1S/C15H24N2O2S/c1-15(2,3)19-14(18)17-9-11(7-12(16)10-17)8-13-5-4-6-20-13/h4-6,11-12H,7-10,16H2,1-3H3. The lowest BCUT2D eigenvalue weighted by molar-refractivity contribution is 0.0145. The van der Waals surface area contributed by atoms with Crippen LogP contribution in [-0.4, -0.2) is 35.7 Å². The van der Waals surface area contributed by atoms with Crippen LogP contribution in [0.3, 0.4) is 0 Å². The van der Waals surface area contributed by atoms with Gasteiger partial charge in [0.25, 0.3) is 0 Å². The third-order valence-corrected chi connectivity index (χ3v) is 4.19. The molecule has 2 N–H and O–H groups in total. The topological polar surface area (TPSA) is 55.6 Å². The molecular weight excluding hydrogens is 272 g/mol. The van der Waals surface area contributed by atoms with Gasteiger partial charge in [0, 0.05) is 24.0 Å². The number of rotatable bonds is 2. The minimum Gasteiger partial charge on any atom is -0.444 e. The normalized spacial score (nSPS) is 23.7. The van der Waals surface area contributed by atoms with Crippen LogP contribution in [0.15, 0.2) is 17.5 Å². The second-order valence-electron chi connectivity index (χ2n) is 6.53. The first-order chi connectivity index (χ1) is 9.33. The number of thiophene rings is 1. The summed E-state index contributed by atoms with van der Waals surface area (Å²) in [5.41, 5.74) is 5.64. The van der Waals surface area contributed by atoms with Crippen molar-refractivity contribution in [3.05, 3.63) is 22.4 Å². The monoisotopic (exact) mass is 296 g/mol. The summed E-state index contributed by atoms with van der Waals surface area (Å²) in [6.07, 6.45) is 1.71. The Morgan fingerprint density at radius 3 is 2.85 bits per heavy atom. The molecule has 0 saturated carbocycles. The van der Waals surface area contributed by atoms with Gasteiger partial charge in [-0.15, -0.1) is 11.3 Å². The van der Waals surface area contributed by atoms with Crippen molar-refractivity contribution >= 4 is 17.4 Å². The van der Waals surface area contributed by atoms with E-state index < -0.39 is 5.60 Å². The lowest BCUT2D eigenvalue weighted by Gasteiger charge is -2.37. The Morgan fingerprint density at radius 1 is 1.50 bits per heavy atom. The van der Waals surface area contributed by atoms with E-state index in [0.717, 1.165) is 19.4 Å².